The number of hydrogen-bond acceptors (Lipinski definition) is 13. The first kappa shape index (κ1) is 76.6. The van der Waals surface area contributed by atoms with Crippen LogP contribution in [-0.4, -0.2) is 140 Å². The molecule has 9 N–H and O–H groups in total. The topological polar surface area (TPSA) is 228 Å². The second-order valence-corrected chi connectivity index (χ2v) is 24.7. The van der Waals surface area contributed by atoms with Gasteiger partial charge < -0.3 is 65.1 Å². The van der Waals surface area contributed by atoms with Gasteiger partial charge in [-0.15, -0.1) is 0 Å². The SMILES string of the molecule is CCCCCCCCCCCCCCCCCCCCCCCCCC/C=C/CC/C=C/C(O)C(COC1OC(CO)C(OC2OC(CO)C(O)C(O)C2O)C(O)C1O)NC(=O)CCCCCCCCCCCCCCCCCCCC. The van der Waals surface area contributed by atoms with E-state index in [9.17, 15) is 45.6 Å². The number of amides is 1. The predicted molar refractivity (Wildman–Crippen MR) is 332 cm³/mol. The van der Waals surface area contributed by atoms with Crippen molar-refractivity contribution in [3.63, 3.8) is 0 Å². The number of carbonyl (C=O) groups is 1. The summed E-state index contributed by atoms with van der Waals surface area (Å²) in [6.45, 7) is 2.83. The van der Waals surface area contributed by atoms with Gasteiger partial charge in [-0.3, -0.25) is 4.79 Å². The van der Waals surface area contributed by atoms with Crippen molar-refractivity contribution in [2.45, 2.75) is 383 Å². The minimum atomic E-state index is -1.79. The Labute approximate surface area is 500 Å². The molecule has 0 aliphatic carbocycles. The monoisotopic (exact) mass is 1170 g/mol. The van der Waals surface area contributed by atoms with Gasteiger partial charge in [0.1, 0.15) is 48.8 Å². The Hall–Kier alpha value is -1.53. The molecule has 2 aliphatic heterocycles. The van der Waals surface area contributed by atoms with E-state index in [2.05, 4.69) is 31.3 Å². The molecule has 0 aromatic rings. The zero-order valence-electron chi connectivity index (χ0n) is 52.5. The summed E-state index contributed by atoms with van der Waals surface area (Å²) in [6, 6.07) is -0.929. The molecule has 14 nitrogen and oxygen atoms in total. The molecule has 0 aromatic carbocycles. The fourth-order valence-electron chi connectivity index (χ4n) is 11.6. The van der Waals surface area contributed by atoms with Crippen LogP contribution in [0, 0.1) is 0 Å². The van der Waals surface area contributed by atoms with Crippen LogP contribution in [0.4, 0.5) is 0 Å². The summed E-state index contributed by atoms with van der Waals surface area (Å²) in [4.78, 5) is 13.3. The third-order valence-corrected chi connectivity index (χ3v) is 17.1. The van der Waals surface area contributed by atoms with Gasteiger partial charge in [-0.2, -0.15) is 0 Å². The summed E-state index contributed by atoms with van der Waals surface area (Å²) < 4.78 is 22.8. The van der Waals surface area contributed by atoms with Gasteiger partial charge in [0.25, 0.3) is 0 Å². The van der Waals surface area contributed by atoms with Crippen LogP contribution in [-0.2, 0) is 23.7 Å². The molecule has 14 heteroatoms. The molecule has 2 fully saturated rings. The van der Waals surface area contributed by atoms with Gasteiger partial charge in [0.15, 0.2) is 12.6 Å². The van der Waals surface area contributed by atoms with Gasteiger partial charge in [-0.1, -0.05) is 295 Å². The minimum absolute atomic E-state index is 0.243. The highest BCUT2D eigenvalue weighted by atomic mass is 16.7. The van der Waals surface area contributed by atoms with Crippen molar-refractivity contribution in [3.8, 4) is 0 Å². The Balaban J connectivity index is 1.69. The van der Waals surface area contributed by atoms with Crippen LogP contribution in [0.2, 0.25) is 0 Å². The van der Waals surface area contributed by atoms with Crippen LogP contribution < -0.4 is 5.32 Å². The third-order valence-electron chi connectivity index (χ3n) is 17.1. The van der Waals surface area contributed by atoms with Crippen molar-refractivity contribution in [2.75, 3.05) is 19.8 Å². The highest BCUT2D eigenvalue weighted by molar-refractivity contribution is 5.76. The number of aliphatic hydroxyl groups excluding tert-OH is 8. The van der Waals surface area contributed by atoms with E-state index in [-0.39, 0.29) is 18.9 Å². The fraction of sp³-hybridized carbons (Fsp3) is 0.926. The fourth-order valence-corrected chi connectivity index (χ4v) is 11.6. The Morgan fingerprint density at radius 2 is 0.780 bits per heavy atom. The minimum Gasteiger partial charge on any atom is -0.394 e. The number of allylic oxidation sites excluding steroid dienone is 3. The van der Waals surface area contributed by atoms with Crippen LogP contribution in [0.3, 0.4) is 0 Å². The maximum absolute atomic E-state index is 13.3. The smallest absolute Gasteiger partial charge is 0.220 e. The van der Waals surface area contributed by atoms with Crippen LogP contribution in [0.25, 0.3) is 0 Å². The Morgan fingerprint density at radius 1 is 0.427 bits per heavy atom. The standard InChI is InChI=1S/C68H129NO13/c1-3-5-7-9-11-13-15-17-19-21-23-24-25-26-27-28-29-30-31-32-33-34-35-37-39-41-43-45-47-49-51-57(72)56(69-60(73)52-50-48-46-44-42-40-38-36-22-20-18-16-14-12-10-8-6-4-2)55-79-67-65(78)63(76)66(59(54-71)81-67)82-68-64(77)62(75)61(74)58(53-70)80-68/h41,43,49,51,56-59,61-68,70-72,74-78H,3-40,42,44-48,50,52-55H2,1-2H3,(H,69,73)/b43-41+,51-49+. The first-order valence-corrected chi connectivity index (χ1v) is 34.6. The molecular weight excluding hydrogens is 1040 g/mol. The lowest BCUT2D eigenvalue weighted by Crippen LogP contribution is -2.65. The Bertz CT molecular complexity index is 1470. The van der Waals surface area contributed by atoms with E-state index in [4.69, 9.17) is 18.9 Å². The summed E-state index contributed by atoms with van der Waals surface area (Å²) in [5.41, 5.74) is 0. The van der Waals surface area contributed by atoms with Crippen molar-refractivity contribution in [1.82, 2.24) is 5.32 Å². The summed E-state index contributed by atoms with van der Waals surface area (Å²) in [7, 11) is 0. The summed E-state index contributed by atoms with van der Waals surface area (Å²) in [5.74, 6) is -0.243. The van der Waals surface area contributed by atoms with Gasteiger partial charge in [-0.25, -0.2) is 0 Å². The molecule has 0 saturated carbocycles. The molecule has 2 rings (SSSR count). The van der Waals surface area contributed by atoms with E-state index < -0.39 is 86.8 Å². The average Bonchev–Trinajstić information content (AvgIpc) is 3.52. The number of hydrogen-bond donors (Lipinski definition) is 9. The number of carbonyl (C=O) groups excluding carboxylic acids is 1. The molecule has 2 heterocycles. The molecule has 0 bridgehead atoms. The van der Waals surface area contributed by atoms with E-state index in [0.717, 1.165) is 32.1 Å². The van der Waals surface area contributed by atoms with E-state index in [1.165, 1.54) is 244 Å². The largest absolute Gasteiger partial charge is 0.394 e. The molecule has 0 aromatic heterocycles. The Morgan fingerprint density at radius 3 is 1.20 bits per heavy atom. The van der Waals surface area contributed by atoms with Gasteiger partial charge in [0.05, 0.1) is 32.0 Å². The second kappa shape index (κ2) is 53.7. The van der Waals surface area contributed by atoms with Crippen LogP contribution in [0.5, 0.6) is 0 Å². The maximum atomic E-state index is 13.3. The van der Waals surface area contributed by atoms with E-state index >= 15 is 0 Å². The number of rotatable bonds is 57. The molecule has 484 valence electrons. The van der Waals surface area contributed by atoms with E-state index in [1.54, 1.807) is 6.08 Å². The van der Waals surface area contributed by atoms with Gasteiger partial charge >= 0.3 is 0 Å². The first-order valence-electron chi connectivity index (χ1n) is 34.6. The summed E-state index contributed by atoms with van der Waals surface area (Å²) in [6.07, 6.45) is 49.6. The van der Waals surface area contributed by atoms with Gasteiger partial charge in [-0.05, 0) is 32.1 Å². The molecule has 12 unspecified atom stereocenters. The average molecular weight is 1170 g/mol. The lowest BCUT2D eigenvalue weighted by molar-refractivity contribution is -0.359. The normalized spacial score (nSPS) is 24.0. The van der Waals surface area contributed by atoms with Crippen LogP contribution in [0.1, 0.15) is 309 Å². The Kier molecular flexibility index (Phi) is 50.1. The highest BCUT2D eigenvalue weighted by Gasteiger charge is 2.51. The van der Waals surface area contributed by atoms with Crippen LogP contribution >= 0.6 is 0 Å². The highest BCUT2D eigenvalue weighted by Crippen LogP contribution is 2.30. The van der Waals surface area contributed by atoms with Crippen molar-refractivity contribution in [1.29, 1.82) is 0 Å². The molecule has 2 saturated heterocycles. The zero-order valence-corrected chi connectivity index (χ0v) is 52.5. The van der Waals surface area contributed by atoms with Crippen molar-refractivity contribution < 1.29 is 64.6 Å². The molecule has 0 spiro atoms. The molecule has 2 aliphatic rings. The predicted octanol–water partition coefficient (Wildman–Crippen LogP) is 13.6. The number of nitrogens with one attached hydrogen (secondary N) is 1. The van der Waals surface area contributed by atoms with Gasteiger partial charge in [0.2, 0.25) is 5.91 Å². The lowest BCUT2D eigenvalue weighted by Gasteiger charge is -2.46. The third kappa shape index (κ3) is 37.9. The molecular formula is C68H129NO13. The van der Waals surface area contributed by atoms with E-state index in [1.807, 2.05) is 6.08 Å². The van der Waals surface area contributed by atoms with Gasteiger partial charge in [0, 0.05) is 6.42 Å². The maximum Gasteiger partial charge on any atom is 0.220 e. The van der Waals surface area contributed by atoms with Crippen molar-refractivity contribution in [2.24, 2.45) is 0 Å². The molecule has 12 atom stereocenters. The number of unbranched alkanes of at least 4 members (excludes halogenated alkanes) is 42. The number of aliphatic hydroxyl groups is 8. The van der Waals surface area contributed by atoms with Crippen molar-refractivity contribution in [3.05, 3.63) is 24.3 Å². The zero-order chi connectivity index (χ0) is 59.5. The van der Waals surface area contributed by atoms with E-state index in [0.29, 0.717) is 12.8 Å². The van der Waals surface area contributed by atoms with Crippen molar-refractivity contribution >= 4 is 5.91 Å². The molecule has 82 heavy (non-hydrogen) atoms. The van der Waals surface area contributed by atoms with Crippen LogP contribution in [0.15, 0.2) is 24.3 Å². The summed E-state index contributed by atoms with van der Waals surface area (Å²) in [5, 5.41) is 87.3. The quantitative estimate of drug-likeness (QED) is 0.0204. The second-order valence-electron chi connectivity index (χ2n) is 24.7. The molecule has 1 amide bonds. The molecule has 0 radical (unpaired) electrons. The summed E-state index contributed by atoms with van der Waals surface area (Å²) >= 11 is 0. The first-order chi connectivity index (χ1) is 40.1. The number of ether oxygens (including phenoxy) is 4. The lowest BCUT2D eigenvalue weighted by atomic mass is 9.97.